The van der Waals surface area contributed by atoms with Gasteiger partial charge in [0.15, 0.2) is 0 Å². The average molecular weight is 639 g/mol. The van der Waals surface area contributed by atoms with Gasteiger partial charge in [-0.15, -0.1) is 0 Å². The zero-order valence-corrected chi connectivity index (χ0v) is 26.8. The second-order valence-electron chi connectivity index (χ2n) is 12.8. The predicted molar refractivity (Wildman–Crippen MR) is 186 cm³/mol. The lowest BCUT2D eigenvalue weighted by Crippen LogP contribution is -2.22. The zero-order chi connectivity index (χ0) is 33.4. The molecule has 0 aromatic heterocycles. The first-order valence-electron chi connectivity index (χ1n) is 15.8. The van der Waals surface area contributed by atoms with Crippen molar-refractivity contribution >= 4 is 45.3 Å². The van der Waals surface area contributed by atoms with Crippen molar-refractivity contribution in [1.29, 1.82) is 0 Å². The number of fused-ring (bicyclic) bond motifs is 4. The van der Waals surface area contributed by atoms with Gasteiger partial charge in [0, 0.05) is 45.5 Å². The van der Waals surface area contributed by atoms with Crippen LogP contribution in [0.4, 0.5) is 51.7 Å². The standard InChI is InChI=1S/C42H30F4N2/c1-23-5-9-33-37(13-23)47(31-19-27(43)17-28(44)20-31)38-14-24(2)6-10-34(38)41(33)42-35-11-7-25(3)15-39(35)48(32-21-29(45)18-30(46)22-32)40-16-26(4)8-12-36(40)42/h5-22H,1-4H3. The molecule has 0 spiro atoms. The number of hydrogen-bond acceptors (Lipinski definition) is 2. The normalized spacial score (nSPS) is 13.2. The molecule has 6 aromatic rings. The number of rotatable bonds is 2. The molecule has 2 aliphatic rings. The number of aryl methyl sites for hydroxylation is 4. The molecule has 0 amide bonds. The number of hydrogen-bond donors (Lipinski definition) is 0. The number of nitrogens with zero attached hydrogens (tertiary/aromatic N) is 2. The average Bonchev–Trinajstić information content (AvgIpc) is 3.01. The van der Waals surface area contributed by atoms with Crippen molar-refractivity contribution < 1.29 is 17.6 Å². The summed E-state index contributed by atoms with van der Waals surface area (Å²) in [7, 11) is 0. The van der Waals surface area contributed by atoms with Gasteiger partial charge in [0.25, 0.3) is 0 Å². The van der Waals surface area contributed by atoms with Crippen molar-refractivity contribution in [3.05, 3.63) is 177 Å². The quantitative estimate of drug-likeness (QED) is 0.174. The minimum absolute atomic E-state index is 0.380. The van der Waals surface area contributed by atoms with Crippen LogP contribution in [0, 0.1) is 51.0 Å². The molecule has 236 valence electrons. The highest BCUT2D eigenvalue weighted by Crippen LogP contribution is 2.57. The maximum Gasteiger partial charge on any atom is 0.128 e. The third-order valence-corrected chi connectivity index (χ3v) is 9.11. The number of anilines is 6. The summed E-state index contributed by atoms with van der Waals surface area (Å²) in [5, 5.41) is 0. The Hall–Kier alpha value is -5.62. The van der Waals surface area contributed by atoms with Crippen LogP contribution in [0.2, 0.25) is 0 Å². The van der Waals surface area contributed by atoms with Crippen LogP contribution in [-0.2, 0) is 0 Å². The Morgan fingerprint density at radius 2 is 0.583 bits per heavy atom. The van der Waals surface area contributed by atoms with Crippen molar-refractivity contribution in [2.75, 3.05) is 9.80 Å². The van der Waals surface area contributed by atoms with Gasteiger partial charge in [0.1, 0.15) is 23.3 Å². The summed E-state index contributed by atoms with van der Waals surface area (Å²) in [4.78, 5) is 3.86. The fourth-order valence-corrected chi connectivity index (χ4v) is 7.13. The summed E-state index contributed by atoms with van der Waals surface area (Å²) in [6.45, 7) is 7.98. The van der Waals surface area contributed by atoms with Gasteiger partial charge < -0.3 is 9.80 Å². The summed E-state index contributed by atoms with van der Waals surface area (Å²) < 4.78 is 59.0. The molecule has 0 atom stereocenters. The molecule has 48 heavy (non-hydrogen) atoms. The maximum atomic E-state index is 14.8. The van der Waals surface area contributed by atoms with Crippen molar-refractivity contribution in [3.8, 4) is 0 Å². The van der Waals surface area contributed by atoms with E-state index in [0.29, 0.717) is 11.4 Å². The topological polar surface area (TPSA) is 6.48 Å². The zero-order valence-electron chi connectivity index (χ0n) is 26.8. The van der Waals surface area contributed by atoms with E-state index in [1.807, 2.05) is 86.0 Å². The third kappa shape index (κ3) is 4.79. The fourth-order valence-electron chi connectivity index (χ4n) is 7.13. The van der Waals surface area contributed by atoms with Crippen LogP contribution in [0.5, 0.6) is 0 Å². The molecule has 6 aromatic carbocycles. The van der Waals surface area contributed by atoms with Crippen LogP contribution in [0.3, 0.4) is 0 Å². The van der Waals surface area contributed by atoms with Gasteiger partial charge in [-0.05, 0) is 98.5 Å². The molecule has 6 heteroatoms. The minimum Gasteiger partial charge on any atom is -0.309 e. The maximum absolute atomic E-state index is 14.8. The molecule has 0 N–H and O–H groups in total. The molecular formula is C42H30F4N2. The lowest BCUT2D eigenvalue weighted by Gasteiger charge is -2.40. The first kappa shape index (κ1) is 29.8. The largest absolute Gasteiger partial charge is 0.309 e. The van der Waals surface area contributed by atoms with E-state index in [0.717, 1.165) is 90.5 Å². The molecule has 2 heterocycles. The first-order chi connectivity index (χ1) is 23.0. The first-order valence-corrected chi connectivity index (χ1v) is 15.8. The summed E-state index contributed by atoms with van der Waals surface area (Å²) in [5.41, 5.74) is 13.3. The van der Waals surface area contributed by atoms with Crippen LogP contribution < -0.4 is 9.80 Å². The molecule has 2 aliphatic heterocycles. The monoisotopic (exact) mass is 638 g/mol. The van der Waals surface area contributed by atoms with Crippen molar-refractivity contribution in [1.82, 2.24) is 0 Å². The Bertz CT molecular complexity index is 2040. The van der Waals surface area contributed by atoms with Gasteiger partial charge in [-0.3, -0.25) is 0 Å². The van der Waals surface area contributed by atoms with Crippen LogP contribution in [0.25, 0.3) is 11.1 Å². The Labute approximate surface area is 276 Å². The van der Waals surface area contributed by atoms with Gasteiger partial charge in [-0.2, -0.15) is 0 Å². The lowest BCUT2D eigenvalue weighted by molar-refractivity contribution is 0.583. The van der Waals surface area contributed by atoms with Gasteiger partial charge in [-0.1, -0.05) is 48.5 Å². The summed E-state index contributed by atoms with van der Waals surface area (Å²) in [5.74, 6) is -2.64. The Morgan fingerprint density at radius 1 is 0.333 bits per heavy atom. The van der Waals surface area contributed by atoms with E-state index >= 15 is 0 Å². The summed E-state index contributed by atoms with van der Waals surface area (Å²) in [6.07, 6.45) is 0. The molecule has 0 bridgehead atoms. The van der Waals surface area contributed by atoms with E-state index in [4.69, 9.17) is 0 Å². The lowest BCUT2D eigenvalue weighted by atomic mass is 9.78. The van der Waals surface area contributed by atoms with Crippen molar-refractivity contribution in [2.24, 2.45) is 0 Å². The highest BCUT2D eigenvalue weighted by Gasteiger charge is 2.36. The Kier molecular flexibility index (Phi) is 6.81. The molecule has 0 saturated heterocycles. The fraction of sp³-hybridized carbons (Fsp3) is 0.0952. The molecule has 8 rings (SSSR count). The Morgan fingerprint density at radius 3 is 0.833 bits per heavy atom. The van der Waals surface area contributed by atoms with Gasteiger partial charge >= 0.3 is 0 Å². The molecule has 0 fully saturated rings. The van der Waals surface area contributed by atoms with E-state index in [-0.39, 0.29) is 0 Å². The molecular weight excluding hydrogens is 608 g/mol. The van der Waals surface area contributed by atoms with E-state index in [1.54, 1.807) is 0 Å². The van der Waals surface area contributed by atoms with Crippen LogP contribution in [-0.4, -0.2) is 0 Å². The SMILES string of the molecule is Cc1ccc2c(c1)N(c1cc(F)cc(F)c1)c1cc(C)ccc1C2=C1c2ccc(C)cc2N(c2cc(F)cc(F)c2)c2cc(C)ccc21. The van der Waals surface area contributed by atoms with Gasteiger partial charge in [-0.25, -0.2) is 17.6 Å². The molecule has 0 unspecified atom stereocenters. The molecule has 2 nitrogen and oxygen atoms in total. The third-order valence-electron chi connectivity index (χ3n) is 9.11. The highest BCUT2D eigenvalue weighted by molar-refractivity contribution is 6.17. The van der Waals surface area contributed by atoms with Crippen molar-refractivity contribution in [3.63, 3.8) is 0 Å². The second kappa shape index (κ2) is 11.0. The molecule has 0 radical (unpaired) electrons. The molecule has 0 saturated carbocycles. The van der Waals surface area contributed by atoms with Crippen LogP contribution in [0.1, 0.15) is 44.5 Å². The summed E-state index contributed by atoms with van der Waals surface area (Å²) in [6, 6.07) is 31.8. The van der Waals surface area contributed by atoms with Crippen LogP contribution >= 0.6 is 0 Å². The minimum atomic E-state index is -0.660. The van der Waals surface area contributed by atoms with Crippen molar-refractivity contribution in [2.45, 2.75) is 27.7 Å². The second-order valence-corrected chi connectivity index (χ2v) is 12.8. The van der Waals surface area contributed by atoms with Crippen LogP contribution in [0.15, 0.2) is 109 Å². The van der Waals surface area contributed by atoms with Gasteiger partial charge in [0.05, 0.1) is 34.1 Å². The number of benzene rings is 6. The van der Waals surface area contributed by atoms with E-state index < -0.39 is 23.3 Å². The highest BCUT2D eigenvalue weighted by atomic mass is 19.1. The number of halogens is 4. The van der Waals surface area contributed by atoms with E-state index in [2.05, 4.69) is 24.3 Å². The van der Waals surface area contributed by atoms with E-state index in [1.165, 1.54) is 24.3 Å². The smallest absolute Gasteiger partial charge is 0.128 e. The van der Waals surface area contributed by atoms with E-state index in [9.17, 15) is 17.6 Å². The Balaban J connectivity index is 1.52. The predicted octanol–water partition coefficient (Wildman–Crippen LogP) is 12.1. The van der Waals surface area contributed by atoms with Gasteiger partial charge in [0.2, 0.25) is 0 Å². The molecule has 0 aliphatic carbocycles. The summed E-state index contributed by atoms with van der Waals surface area (Å²) >= 11 is 0.